The molecule has 0 radical (unpaired) electrons. The molecule has 1 N–H and O–H groups in total. The summed E-state index contributed by atoms with van der Waals surface area (Å²) < 4.78 is 1.71. The smallest absolute Gasteiger partial charge is 0.258 e. The minimum Gasteiger partial charge on any atom is -0.307 e. The highest BCUT2D eigenvalue weighted by molar-refractivity contribution is 6.34. The average Bonchev–Trinajstić information content (AvgIpc) is 2.97. The van der Waals surface area contributed by atoms with Crippen LogP contribution < -0.4 is 5.32 Å². The van der Waals surface area contributed by atoms with Crippen LogP contribution in [0.15, 0.2) is 60.8 Å². The predicted octanol–water partition coefficient (Wildman–Crippen LogP) is 4.49. The third-order valence-corrected chi connectivity index (χ3v) is 3.90. The lowest BCUT2D eigenvalue weighted by Gasteiger charge is -2.10. The first-order chi connectivity index (χ1) is 11.1. The maximum atomic E-state index is 12.3. The van der Waals surface area contributed by atoms with E-state index in [0.29, 0.717) is 28.0 Å². The number of hydrogen-bond acceptors (Lipinski definition) is 2. The van der Waals surface area contributed by atoms with Crippen molar-refractivity contribution in [3.8, 4) is 0 Å². The number of rotatable bonds is 4. The van der Waals surface area contributed by atoms with Crippen molar-refractivity contribution in [2.24, 2.45) is 0 Å². The van der Waals surface area contributed by atoms with Gasteiger partial charge in [0, 0.05) is 11.1 Å². The fourth-order valence-corrected chi connectivity index (χ4v) is 2.50. The second-order valence-electron chi connectivity index (χ2n) is 4.93. The number of benzene rings is 2. The predicted molar refractivity (Wildman–Crippen MR) is 92.2 cm³/mol. The molecule has 0 unspecified atom stereocenters. The lowest BCUT2D eigenvalue weighted by molar-refractivity contribution is 0.102. The van der Waals surface area contributed by atoms with Gasteiger partial charge >= 0.3 is 0 Å². The Labute approximate surface area is 143 Å². The van der Waals surface area contributed by atoms with Gasteiger partial charge in [-0.25, -0.2) is 4.68 Å². The Morgan fingerprint density at radius 3 is 2.52 bits per heavy atom. The summed E-state index contributed by atoms with van der Waals surface area (Å²) in [5.74, 6) is 0.332. The molecule has 3 aromatic rings. The van der Waals surface area contributed by atoms with Crippen LogP contribution in [0.3, 0.4) is 0 Å². The number of amides is 1. The molecule has 0 aliphatic heterocycles. The van der Waals surface area contributed by atoms with Gasteiger partial charge in [-0.3, -0.25) is 4.79 Å². The molecule has 1 heterocycles. The number of hydrogen-bond donors (Lipinski definition) is 1. The summed E-state index contributed by atoms with van der Waals surface area (Å²) in [7, 11) is 0. The van der Waals surface area contributed by atoms with Crippen LogP contribution in [0.4, 0.5) is 5.82 Å². The minimum atomic E-state index is -0.270. The number of nitrogens with one attached hydrogen (secondary N) is 1. The van der Waals surface area contributed by atoms with E-state index in [1.807, 2.05) is 24.3 Å². The molecule has 6 heteroatoms. The van der Waals surface area contributed by atoms with Gasteiger partial charge in [-0.2, -0.15) is 5.10 Å². The van der Waals surface area contributed by atoms with Gasteiger partial charge in [0.05, 0.1) is 23.3 Å². The van der Waals surface area contributed by atoms with Gasteiger partial charge < -0.3 is 5.32 Å². The Balaban J connectivity index is 1.77. The van der Waals surface area contributed by atoms with Crippen LogP contribution in [0, 0.1) is 0 Å². The second-order valence-corrected chi connectivity index (χ2v) is 5.78. The van der Waals surface area contributed by atoms with Crippen LogP contribution >= 0.6 is 23.2 Å². The number of carbonyl (C=O) groups is 1. The molecule has 0 fully saturated rings. The number of halogens is 2. The molecule has 3 rings (SSSR count). The van der Waals surface area contributed by atoms with Crippen molar-refractivity contribution in [1.82, 2.24) is 9.78 Å². The van der Waals surface area contributed by atoms with E-state index >= 15 is 0 Å². The standard InChI is InChI=1S/C17H13Cl2N3O/c18-13-7-5-12(6-8-13)11-22-16(9-10-20-22)21-17(23)14-3-1-2-4-15(14)19/h1-10H,11H2,(H,21,23). The molecule has 0 aliphatic carbocycles. The number of aromatic nitrogens is 2. The highest BCUT2D eigenvalue weighted by Gasteiger charge is 2.12. The fourth-order valence-electron chi connectivity index (χ4n) is 2.16. The molecule has 4 nitrogen and oxygen atoms in total. The topological polar surface area (TPSA) is 46.9 Å². The summed E-state index contributed by atoms with van der Waals surface area (Å²) in [4.78, 5) is 12.3. The van der Waals surface area contributed by atoms with E-state index in [1.165, 1.54) is 0 Å². The first-order valence-electron chi connectivity index (χ1n) is 6.95. The molecule has 0 bridgehead atoms. The van der Waals surface area contributed by atoms with Gasteiger partial charge in [0.15, 0.2) is 0 Å². The van der Waals surface area contributed by atoms with Crippen LogP contribution in [0.2, 0.25) is 10.0 Å². The summed E-state index contributed by atoms with van der Waals surface area (Å²) in [5, 5.41) is 8.16. The molecule has 0 saturated heterocycles. The molecule has 23 heavy (non-hydrogen) atoms. The van der Waals surface area contributed by atoms with E-state index in [1.54, 1.807) is 41.2 Å². The zero-order valence-corrected chi connectivity index (χ0v) is 13.6. The van der Waals surface area contributed by atoms with Gasteiger partial charge in [0.2, 0.25) is 0 Å². The lowest BCUT2D eigenvalue weighted by atomic mass is 10.2. The maximum absolute atomic E-state index is 12.3. The molecule has 0 spiro atoms. The normalized spacial score (nSPS) is 10.5. The van der Waals surface area contributed by atoms with E-state index in [0.717, 1.165) is 5.56 Å². The van der Waals surface area contributed by atoms with Crippen molar-refractivity contribution in [1.29, 1.82) is 0 Å². The van der Waals surface area contributed by atoms with Gasteiger partial charge in [-0.15, -0.1) is 0 Å². The van der Waals surface area contributed by atoms with Crippen LogP contribution in [0.1, 0.15) is 15.9 Å². The van der Waals surface area contributed by atoms with Gasteiger partial charge in [-0.05, 0) is 29.8 Å². The first kappa shape index (κ1) is 15.6. The molecule has 0 saturated carbocycles. The van der Waals surface area contributed by atoms with Gasteiger partial charge in [0.25, 0.3) is 5.91 Å². The summed E-state index contributed by atoms with van der Waals surface area (Å²) in [6.45, 7) is 0.530. The summed E-state index contributed by atoms with van der Waals surface area (Å²) in [6.07, 6.45) is 1.64. The molecule has 2 aromatic carbocycles. The van der Waals surface area contributed by atoms with E-state index in [-0.39, 0.29) is 5.91 Å². The molecule has 1 amide bonds. The van der Waals surface area contributed by atoms with Crippen molar-refractivity contribution in [2.75, 3.05) is 5.32 Å². The zero-order chi connectivity index (χ0) is 16.2. The summed E-state index contributed by atoms with van der Waals surface area (Å²) >= 11 is 11.9. The average molecular weight is 346 g/mol. The van der Waals surface area contributed by atoms with Gasteiger partial charge in [0.1, 0.15) is 5.82 Å². The first-order valence-corrected chi connectivity index (χ1v) is 7.71. The van der Waals surface area contributed by atoms with Crippen molar-refractivity contribution >= 4 is 34.9 Å². The molecule has 116 valence electrons. The van der Waals surface area contributed by atoms with E-state index in [4.69, 9.17) is 23.2 Å². The van der Waals surface area contributed by atoms with Crippen LogP contribution in [-0.2, 0) is 6.54 Å². The Kier molecular flexibility index (Phi) is 4.65. The lowest BCUT2D eigenvalue weighted by Crippen LogP contribution is -2.16. The van der Waals surface area contributed by atoms with Crippen LogP contribution in [0.5, 0.6) is 0 Å². The highest BCUT2D eigenvalue weighted by atomic mass is 35.5. The quantitative estimate of drug-likeness (QED) is 0.757. The van der Waals surface area contributed by atoms with E-state index in [2.05, 4.69) is 10.4 Å². The Morgan fingerprint density at radius 2 is 1.78 bits per heavy atom. The maximum Gasteiger partial charge on any atom is 0.258 e. The van der Waals surface area contributed by atoms with Crippen molar-refractivity contribution in [2.45, 2.75) is 6.54 Å². The Hall–Kier alpha value is -2.30. The molecule has 0 atom stereocenters. The van der Waals surface area contributed by atoms with Gasteiger partial charge in [-0.1, -0.05) is 47.5 Å². The highest BCUT2D eigenvalue weighted by Crippen LogP contribution is 2.18. The van der Waals surface area contributed by atoms with Crippen molar-refractivity contribution < 1.29 is 4.79 Å². The Bertz CT molecular complexity index is 828. The molecule has 1 aromatic heterocycles. The third-order valence-electron chi connectivity index (χ3n) is 3.32. The fraction of sp³-hybridized carbons (Fsp3) is 0.0588. The van der Waals surface area contributed by atoms with Crippen molar-refractivity contribution in [3.05, 3.63) is 82.0 Å². The number of nitrogens with zero attached hydrogens (tertiary/aromatic N) is 2. The second kappa shape index (κ2) is 6.86. The SMILES string of the molecule is O=C(Nc1ccnn1Cc1ccc(Cl)cc1)c1ccccc1Cl. The van der Waals surface area contributed by atoms with Crippen LogP contribution in [0.25, 0.3) is 0 Å². The zero-order valence-electron chi connectivity index (χ0n) is 12.0. The van der Waals surface area contributed by atoms with Crippen molar-refractivity contribution in [3.63, 3.8) is 0 Å². The van der Waals surface area contributed by atoms with E-state index < -0.39 is 0 Å². The summed E-state index contributed by atoms with van der Waals surface area (Å²) in [6, 6.07) is 16.1. The number of carbonyl (C=O) groups excluding carboxylic acids is 1. The largest absolute Gasteiger partial charge is 0.307 e. The molecule has 0 aliphatic rings. The molecular formula is C17H13Cl2N3O. The third kappa shape index (κ3) is 3.73. The van der Waals surface area contributed by atoms with E-state index in [9.17, 15) is 4.79 Å². The van der Waals surface area contributed by atoms with Crippen LogP contribution in [-0.4, -0.2) is 15.7 Å². The minimum absolute atomic E-state index is 0.270. The molecular weight excluding hydrogens is 333 g/mol. The monoisotopic (exact) mass is 345 g/mol. The summed E-state index contributed by atoms with van der Waals surface area (Å²) in [5.41, 5.74) is 1.46. The Morgan fingerprint density at radius 1 is 1.04 bits per heavy atom. The number of anilines is 1.